The van der Waals surface area contributed by atoms with Crippen molar-refractivity contribution in [2.24, 2.45) is 5.92 Å². The first-order chi connectivity index (χ1) is 9.51. The van der Waals surface area contributed by atoms with Gasteiger partial charge < -0.3 is 5.11 Å². The molecule has 3 nitrogen and oxygen atoms in total. The molecule has 0 saturated carbocycles. The molecule has 1 aromatic carbocycles. The fraction of sp³-hybridized carbons (Fsp3) is 0.533. The number of aliphatic carboxylic acids is 1. The molecular weight excluding hydrogens is 342 g/mol. The van der Waals surface area contributed by atoms with Crippen LogP contribution < -0.4 is 0 Å². The lowest BCUT2D eigenvalue weighted by Crippen LogP contribution is -2.46. The number of nitrogens with zero attached hydrogens (tertiary/aromatic N) is 1. The number of hydrogen-bond donors (Lipinski definition) is 1. The molecule has 2 rings (SSSR count). The Morgan fingerprint density at radius 2 is 2.30 bits per heavy atom. The van der Waals surface area contributed by atoms with Gasteiger partial charge in [-0.3, -0.25) is 9.69 Å². The predicted molar refractivity (Wildman–Crippen MR) is 84.0 cm³/mol. The summed E-state index contributed by atoms with van der Waals surface area (Å²) in [7, 11) is 0. The maximum absolute atomic E-state index is 11.5. The maximum atomic E-state index is 11.5. The second-order valence-electron chi connectivity index (χ2n) is 5.36. The molecule has 1 heterocycles. The highest BCUT2D eigenvalue weighted by Gasteiger charge is 2.32. The molecule has 5 heteroatoms. The average Bonchev–Trinajstić information content (AvgIpc) is 2.42. The van der Waals surface area contributed by atoms with Gasteiger partial charge in [0, 0.05) is 16.0 Å². The Morgan fingerprint density at radius 3 is 2.90 bits per heavy atom. The van der Waals surface area contributed by atoms with E-state index in [1.54, 1.807) is 0 Å². The van der Waals surface area contributed by atoms with E-state index in [1.807, 2.05) is 23.1 Å². The SMILES string of the molecule is CCC1CCN(Cc2ccc(Br)cc2Cl)C(C(=O)O)C1. The second kappa shape index (κ2) is 6.92. The van der Waals surface area contributed by atoms with Gasteiger partial charge in [0.25, 0.3) is 0 Å². The summed E-state index contributed by atoms with van der Waals surface area (Å²) in [6.45, 7) is 3.55. The molecule has 0 aromatic heterocycles. The largest absolute Gasteiger partial charge is 0.480 e. The first-order valence-corrected chi connectivity index (χ1v) is 8.09. The van der Waals surface area contributed by atoms with E-state index in [0.717, 1.165) is 35.8 Å². The molecule has 20 heavy (non-hydrogen) atoms. The smallest absolute Gasteiger partial charge is 0.320 e. The number of carbonyl (C=O) groups is 1. The van der Waals surface area contributed by atoms with E-state index >= 15 is 0 Å². The van der Waals surface area contributed by atoms with Crippen LogP contribution in [0.1, 0.15) is 31.7 Å². The van der Waals surface area contributed by atoms with Gasteiger partial charge in [-0.05, 0) is 43.0 Å². The van der Waals surface area contributed by atoms with E-state index in [4.69, 9.17) is 11.6 Å². The quantitative estimate of drug-likeness (QED) is 0.875. The molecule has 110 valence electrons. The summed E-state index contributed by atoms with van der Waals surface area (Å²) in [4.78, 5) is 13.5. The highest BCUT2D eigenvalue weighted by Crippen LogP contribution is 2.29. The zero-order valence-electron chi connectivity index (χ0n) is 11.5. The van der Waals surface area contributed by atoms with Crippen molar-refractivity contribution in [2.45, 2.75) is 38.8 Å². The molecule has 0 spiro atoms. The van der Waals surface area contributed by atoms with Crippen molar-refractivity contribution in [3.63, 3.8) is 0 Å². The van der Waals surface area contributed by atoms with Crippen LogP contribution in [0.4, 0.5) is 0 Å². The van der Waals surface area contributed by atoms with Crippen LogP contribution in [0.2, 0.25) is 5.02 Å². The summed E-state index contributed by atoms with van der Waals surface area (Å²) < 4.78 is 0.936. The minimum Gasteiger partial charge on any atom is -0.480 e. The van der Waals surface area contributed by atoms with Gasteiger partial charge in [0.2, 0.25) is 0 Å². The molecule has 0 bridgehead atoms. The third-order valence-electron chi connectivity index (χ3n) is 4.07. The first-order valence-electron chi connectivity index (χ1n) is 6.92. The highest BCUT2D eigenvalue weighted by atomic mass is 79.9. The van der Waals surface area contributed by atoms with Crippen LogP contribution in [-0.4, -0.2) is 28.6 Å². The van der Waals surface area contributed by atoms with Crippen LogP contribution >= 0.6 is 27.5 Å². The van der Waals surface area contributed by atoms with E-state index < -0.39 is 12.0 Å². The second-order valence-corrected chi connectivity index (χ2v) is 6.68. The van der Waals surface area contributed by atoms with Crippen molar-refractivity contribution < 1.29 is 9.90 Å². The van der Waals surface area contributed by atoms with Gasteiger partial charge in [-0.15, -0.1) is 0 Å². The minimum absolute atomic E-state index is 0.395. The van der Waals surface area contributed by atoms with Gasteiger partial charge in [0.1, 0.15) is 6.04 Å². The van der Waals surface area contributed by atoms with Gasteiger partial charge in [0.05, 0.1) is 0 Å². The molecule has 1 fully saturated rings. The molecule has 2 unspecified atom stereocenters. The zero-order valence-corrected chi connectivity index (χ0v) is 13.8. The summed E-state index contributed by atoms with van der Waals surface area (Å²) in [6, 6.07) is 5.35. The van der Waals surface area contributed by atoms with Crippen molar-refractivity contribution in [1.29, 1.82) is 0 Å². The van der Waals surface area contributed by atoms with E-state index in [0.29, 0.717) is 17.5 Å². The molecule has 0 radical (unpaired) electrons. The predicted octanol–water partition coefficient (Wildman–Crippen LogP) is 4.18. The Hall–Kier alpha value is -0.580. The Kier molecular flexibility index (Phi) is 5.47. The van der Waals surface area contributed by atoms with Crippen molar-refractivity contribution in [2.75, 3.05) is 6.54 Å². The average molecular weight is 361 g/mol. The minimum atomic E-state index is -0.726. The van der Waals surface area contributed by atoms with Crippen LogP contribution in [0, 0.1) is 5.92 Å². The number of benzene rings is 1. The Balaban J connectivity index is 2.12. The first kappa shape index (κ1) is 15.8. The van der Waals surface area contributed by atoms with Crippen molar-refractivity contribution in [3.05, 3.63) is 33.3 Å². The van der Waals surface area contributed by atoms with E-state index in [-0.39, 0.29) is 0 Å². The standard InChI is InChI=1S/C15H19BrClNO2/c1-2-10-5-6-18(14(7-10)15(19)20)9-11-3-4-12(16)8-13(11)17/h3-4,8,10,14H,2,5-7,9H2,1H3,(H,19,20). The molecule has 0 amide bonds. The lowest BCUT2D eigenvalue weighted by molar-refractivity contribution is -0.145. The lowest BCUT2D eigenvalue weighted by atomic mass is 9.88. The van der Waals surface area contributed by atoms with Crippen LogP contribution in [0.15, 0.2) is 22.7 Å². The summed E-state index contributed by atoms with van der Waals surface area (Å²) >= 11 is 9.61. The monoisotopic (exact) mass is 359 g/mol. The zero-order chi connectivity index (χ0) is 14.7. The van der Waals surface area contributed by atoms with Crippen LogP contribution in [-0.2, 0) is 11.3 Å². The topological polar surface area (TPSA) is 40.5 Å². The van der Waals surface area contributed by atoms with Gasteiger partial charge in [0.15, 0.2) is 0 Å². The van der Waals surface area contributed by atoms with Gasteiger partial charge in [-0.1, -0.05) is 46.9 Å². The number of carboxylic acids is 1. The molecular formula is C15H19BrClNO2. The fourth-order valence-corrected chi connectivity index (χ4v) is 3.51. The van der Waals surface area contributed by atoms with Gasteiger partial charge >= 0.3 is 5.97 Å². The van der Waals surface area contributed by atoms with Crippen molar-refractivity contribution in [1.82, 2.24) is 4.90 Å². The molecule has 2 atom stereocenters. The fourth-order valence-electron chi connectivity index (χ4n) is 2.77. The number of piperidine rings is 1. The number of halogens is 2. The molecule has 1 aliphatic rings. The van der Waals surface area contributed by atoms with Crippen molar-refractivity contribution in [3.8, 4) is 0 Å². The Morgan fingerprint density at radius 1 is 1.55 bits per heavy atom. The van der Waals surface area contributed by atoms with Gasteiger partial charge in [-0.2, -0.15) is 0 Å². The summed E-state index contributed by atoms with van der Waals surface area (Å²) in [6.07, 6.45) is 2.85. The molecule has 1 aliphatic heterocycles. The summed E-state index contributed by atoms with van der Waals surface area (Å²) in [5.74, 6) is -0.205. The van der Waals surface area contributed by atoms with E-state index in [2.05, 4.69) is 22.9 Å². The van der Waals surface area contributed by atoms with Crippen LogP contribution in [0.5, 0.6) is 0 Å². The maximum Gasteiger partial charge on any atom is 0.320 e. The van der Waals surface area contributed by atoms with E-state index in [1.165, 1.54) is 0 Å². The lowest BCUT2D eigenvalue weighted by Gasteiger charge is -2.37. The van der Waals surface area contributed by atoms with Gasteiger partial charge in [-0.25, -0.2) is 0 Å². The molecule has 1 aromatic rings. The van der Waals surface area contributed by atoms with Crippen LogP contribution in [0.25, 0.3) is 0 Å². The third kappa shape index (κ3) is 3.74. The Labute approximate surface area is 133 Å². The third-order valence-corrected chi connectivity index (χ3v) is 4.92. The molecule has 1 saturated heterocycles. The number of hydrogen-bond acceptors (Lipinski definition) is 2. The number of likely N-dealkylation sites (tertiary alicyclic amines) is 1. The number of rotatable bonds is 4. The molecule has 1 N–H and O–H groups in total. The van der Waals surface area contributed by atoms with Crippen molar-refractivity contribution >= 4 is 33.5 Å². The number of carboxylic acid groups (broad SMARTS) is 1. The summed E-state index contributed by atoms with van der Waals surface area (Å²) in [5.41, 5.74) is 0.982. The van der Waals surface area contributed by atoms with Crippen LogP contribution in [0.3, 0.4) is 0 Å². The normalized spacial score (nSPS) is 23.8. The molecule has 0 aliphatic carbocycles. The van der Waals surface area contributed by atoms with E-state index in [9.17, 15) is 9.90 Å². The summed E-state index contributed by atoms with van der Waals surface area (Å²) in [5, 5.41) is 10.1. The Bertz CT molecular complexity index is 495. The highest BCUT2D eigenvalue weighted by molar-refractivity contribution is 9.10.